The Morgan fingerprint density at radius 2 is 1.79 bits per heavy atom. The first-order chi connectivity index (χ1) is 15.6. The average Bonchev–Trinajstić information content (AvgIpc) is 3.14. The van der Waals surface area contributed by atoms with Crippen LogP contribution in [0, 0.1) is 11.6 Å². The number of alkyl halides is 3. The van der Waals surface area contributed by atoms with Gasteiger partial charge in [0.2, 0.25) is 0 Å². The zero-order valence-electron chi connectivity index (χ0n) is 17.3. The number of methoxy groups -OCH3 is 1. The lowest BCUT2D eigenvalue weighted by molar-refractivity contribution is -0.137. The summed E-state index contributed by atoms with van der Waals surface area (Å²) >= 11 is 0. The second-order valence-corrected chi connectivity index (χ2v) is 7.51. The molecule has 0 spiro atoms. The number of hydrogen-bond acceptors (Lipinski definition) is 4. The van der Waals surface area contributed by atoms with Crippen LogP contribution in [-0.2, 0) is 12.6 Å². The molecule has 2 N–H and O–H groups in total. The molecule has 0 aliphatic heterocycles. The average molecular weight is 463 g/mol. The highest BCUT2D eigenvalue weighted by atomic mass is 19.4. The molecule has 0 bridgehead atoms. The molecular formula is C23H18F5N3O2. The van der Waals surface area contributed by atoms with Crippen LogP contribution in [0.5, 0.6) is 5.75 Å². The highest BCUT2D eigenvalue weighted by molar-refractivity contribution is 5.95. The minimum atomic E-state index is -4.44. The van der Waals surface area contributed by atoms with Crippen molar-refractivity contribution in [2.24, 2.45) is 0 Å². The van der Waals surface area contributed by atoms with E-state index in [9.17, 15) is 26.7 Å². The van der Waals surface area contributed by atoms with Crippen LogP contribution in [0.2, 0.25) is 0 Å². The van der Waals surface area contributed by atoms with Crippen molar-refractivity contribution in [3.8, 4) is 5.75 Å². The normalized spacial score (nSPS) is 15.2. The van der Waals surface area contributed by atoms with Crippen LogP contribution in [0.3, 0.4) is 0 Å². The highest BCUT2D eigenvalue weighted by Gasteiger charge is 2.33. The number of halogens is 5. The van der Waals surface area contributed by atoms with Crippen molar-refractivity contribution in [2.75, 3.05) is 12.4 Å². The van der Waals surface area contributed by atoms with Gasteiger partial charge in [0.25, 0.3) is 5.91 Å². The molecule has 2 aromatic carbocycles. The van der Waals surface area contributed by atoms with Gasteiger partial charge >= 0.3 is 6.18 Å². The van der Waals surface area contributed by atoms with Crippen LogP contribution < -0.4 is 15.4 Å². The molecule has 0 saturated heterocycles. The minimum Gasteiger partial charge on any atom is -0.494 e. The molecule has 3 aromatic rings. The van der Waals surface area contributed by atoms with Gasteiger partial charge in [-0.2, -0.15) is 13.2 Å². The SMILES string of the molecule is COc1ccc(Nc2cc(F)cc(F)c2)nc1C(=O)NC1CCc2cc(C(F)(F)F)ccc21. The Balaban J connectivity index is 1.56. The van der Waals surface area contributed by atoms with Gasteiger partial charge in [0.05, 0.1) is 18.7 Å². The number of anilines is 2. The summed E-state index contributed by atoms with van der Waals surface area (Å²) in [6.07, 6.45) is -3.61. The number of rotatable bonds is 5. The van der Waals surface area contributed by atoms with Crippen LogP contribution in [0.4, 0.5) is 33.5 Å². The van der Waals surface area contributed by atoms with Crippen molar-refractivity contribution in [2.45, 2.75) is 25.1 Å². The zero-order valence-corrected chi connectivity index (χ0v) is 17.3. The Bertz CT molecular complexity index is 1190. The van der Waals surface area contributed by atoms with Gasteiger partial charge in [0, 0.05) is 11.8 Å². The molecule has 1 aliphatic rings. The summed E-state index contributed by atoms with van der Waals surface area (Å²) in [6.45, 7) is 0. The van der Waals surface area contributed by atoms with Gasteiger partial charge in [-0.1, -0.05) is 6.07 Å². The molecular weight excluding hydrogens is 445 g/mol. The fraction of sp³-hybridized carbons (Fsp3) is 0.217. The second kappa shape index (κ2) is 8.68. The number of aryl methyl sites for hydroxylation is 1. The molecule has 0 saturated carbocycles. The van der Waals surface area contributed by atoms with E-state index >= 15 is 0 Å². The van der Waals surface area contributed by atoms with Crippen LogP contribution in [0.15, 0.2) is 48.5 Å². The van der Waals surface area contributed by atoms with Crippen LogP contribution in [0.1, 0.15) is 39.6 Å². The highest BCUT2D eigenvalue weighted by Crippen LogP contribution is 2.37. The summed E-state index contributed by atoms with van der Waals surface area (Å²) in [4.78, 5) is 17.1. The van der Waals surface area contributed by atoms with Crippen molar-refractivity contribution in [1.29, 1.82) is 0 Å². The van der Waals surface area contributed by atoms with Gasteiger partial charge in [0.1, 0.15) is 23.2 Å². The number of fused-ring (bicyclic) bond motifs is 1. The van der Waals surface area contributed by atoms with E-state index in [1.54, 1.807) is 0 Å². The summed E-state index contributed by atoms with van der Waals surface area (Å²) in [5.74, 6) is -1.85. The number of carbonyl (C=O) groups is 1. The summed E-state index contributed by atoms with van der Waals surface area (Å²) in [5.41, 5.74) is 0.420. The molecule has 0 fully saturated rings. The molecule has 4 rings (SSSR count). The lowest BCUT2D eigenvalue weighted by Gasteiger charge is -2.17. The first-order valence-electron chi connectivity index (χ1n) is 9.93. The predicted octanol–water partition coefficient (Wildman–Crippen LogP) is 5.55. The fourth-order valence-electron chi connectivity index (χ4n) is 3.79. The molecule has 1 aromatic heterocycles. The molecule has 1 atom stereocenters. The first-order valence-corrected chi connectivity index (χ1v) is 9.93. The van der Waals surface area contributed by atoms with Gasteiger partial charge < -0.3 is 15.4 Å². The standard InChI is InChI=1S/C23H18F5N3O2/c1-33-19-6-7-20(29-16-10-14(24)9-15(25)11-16)31-21(19)22(32)30-18-5-2-12-8-13(23(26,27)28)3-4-17(12)18/h3-4,6-11,18H,2,5H2,1H3,(H,29,31)(H,30,32). The minimum absolute atomic E-state index is 0.0836. The van der Waals surface area contributed by atoms with E-state index in [2.05, 4.69) is 15.6 Å². The van der Waals surface area contributed by atoms with E-state index in [4.69, 9.17) is 4.74 Å². The topological polar surface area (TPSA) is 63.2 Å². The molecule has 172 valence electrons. The van der Waals surface area contributed by atoms with Gasteiger partial charge in [0.15, 0.2) is 5.69 Å². The van der Waals surface area contributed by atoms with Crippen LogP contribution in [0.25, 0.3) is 0 Å². The van der Waals surface area contributed by atoms with E-state index < -0.39 is 35.3 Å². The van der Waals surface area contributed by atoms with Gasteiger partial charge in [-0.15, -0.1) is 0 Å². The summed E-state index contributed by atoms with van der Waals surface area (Å²) < 4.78 is 71.0. The molecule has 1 heterocycles. The van der Waals surface area contributed by atoms with E-state index in [1.807, 2.05) is 0 Å². The van der Waals surface area contributed by atoms with Gasteiger partial charge in [-0.3, -0.25) is 4.79 Å². The number of hydrogen-bond donors (Lipinski definition) is 2. The molecule has 0 radical (unpaired) electrons. The molecule has 10 heteroatoms. The van der Waals surface area contributed by atoms with Crippen molar-refractivity contribution < 1.29 is 31.5 Å². The number of carbonyl (C=O) groups excluding carboxylic acids is 1. The molecule has 33 heavy (non-hydrogen) atoms. The number of aromatic nitrogens is 1. The Hall–Kier alpha value is -3.69. The number of pyridine rings is 1. The van der Waals surface area contributed by atoms with Gasteiger partial charge in [-0.25, -0.2) is 13.8 Å². The van der Waals surface area contributed by atoms with E-state index in [0.717, 1.165) is 30.3 Å². The number of nitrogens with zero attached hydrogens (tertiary/aromatic N) is 1. The summed E-state index contributed by atoms with van der Waals surface area (Å²) in [7, 11) is 1.35. The maximum absolute atomic E-state index is 13.4. The van der Waals surface area contributed by atoms with Crippen molar-refractivity contribution in [3.05, 3.63) is 82.5 Å². The largest absolute Gasteiger partial charge is 0.494 e. The second-order valence-electron chi connectivity index (χ2n) is 7.51. The first kappa shape index (κ1) is 22.5. The van der Waals surface area contributed by atoms with Crippen molar-refractivity contribution in [3.63, 3.8) is 0 Å². The Labute approximate surface area is 185 Å². The predicted molar refractivity (Wildman–Crippen MR) is 110 cm³/mol. The lowest BCUT2D eigenvalue weighted by atomic mass is 10.0. The Kier molecular flexibility index (Phi) is 5.92. The third-order valence-electron chi connectivity index (χ3n) is 5.28. The third-order valence-corrected chi connectivity index (χ3v) is 5.28. The van der Waals surface area contributed by atoms with Gasteiger partial charge in [-0.05, 0) is 60.4 Å². The maximum Gasteiger partial charge on any atom is 0.416 e. The molecule has 1 amide bonds. The van der Waals surface area contributed by atoms with Crippen molar-refractivity contribution in [1.82, 2.24) is 10.3 Å². The van der Waals surface area contributed by atoms with E-state index in [1.165, 1.54) is 25.3 Å². The molecule has 5 nitrogen and oxygen atoms in total. The van der Waals surface area contributed by atoms with Crippen molar-refractivity contribution >= 4 is 17.4 Å². The Morgan fingerprint density at radius 3 is 2.45 bits per heavy atom. The number of benzene rings is 2. The lowest BCUT2D eigenvalue weighted by Crippen LogP contribution is -2.28. The third kappa shape index (κ3) is 4.89. The van der Waals surface area contributed by atoms with E-state index in [0.29, 0.717) is 24.0 Å². The smallest absolute Gasteiger partial charge is 0.416 e. The monoisotopic (exact) mass is 463 g/mol. The quantitative estimate of drug-likeness (QED) is 0.487. The molecule has 1 aliphatic carbocycles. The van der Waals surface area contributed by atoms with Crippen LogP contribution >= 0.6 is 0 Å². The number of amides is 1. The van der Waals surface area contributed by atoms with E-state index in [-0.39, 0.29) is 22.9 Å². The Morgan fingerprint density at radius 1 is 1.06 bits per heavy atom. The zero-order chi connectivity index (χ0) is 23.8. The fourth-order valence-corrected chi connectivity index (χ4v) is 3.79. The summed E-state index contributed by atoms with van der Waals surface area (Å²) in [6, 6.07) is 8.78. The summed E-state index contributed by atoms with van der Waals surface area (Å²) in [5, 5.41) is 5.51. The number of nitrogens with one attached hydrogen (secondary N) is 2. The molecule has 1 unspecified atom stereocenters. The maximum atomic E-state index is 13.4. The number of ether oxygens (including phenoxy) is 1. The van der Waals surface area contributed by atoms with Crippen LogP contribution in [-0.4, -0.2) is 18.0 Å².